The zero-order chi connectivity index (χ0) is 20.9. The predicted octanol–water partition coefficient (Wildman–Crippen LogP) is 3.47. The summed E-state index contributed by atoms with van der Waals surface area (Å²) in [7, 11) is 0. The fraction of sp³-hybridized carbons (Fsp3) is 0.524. The number of nitrogens with zero attached hydrogens (tertiary/aromatic N) is 3. The molecule has 0 N–H and O–H groups in total. The van der Waals surface area contributed by atoms with Gasteiger partial charge in [0.2, 0.25) is 5.43 Å². The summed E-state index contributed by atoms with van der Waals surface area (Å²) in [4.78, 5) is 29.8. The van der Waals surface area contributed by atoms with Crippen LogP contribution < -0.4 is 10.3 Å². The zero-order valence-corrected chi connectivity index (χ0v) is 18.0. The van der Waals surface area contributed by atoms with Gasteiger partial charge in [0, 0.05) is 37.6 Å². The molecule has 6 nitrogen and oxygen atoms in total. The van der Waals surface area contributed by atoms with Crippen molar-refractivity contribution < 1.29 is 13.9 Å². The fourth-order valence-corrected chi connectivity index (χ4v) is 5.29. The molecule has 2 aromatic rings. The van der Waals surface area contributed by atoms with Gasteiger partial charge in [0.25, 0.3) is 0 Å². The maximum Gasteiger partial charge on any atom is 0.344 e. The van der Waals surface area contributed by atoms with Gasteiger partial charge >= 0.3 is 5.97 Å². The molecule has 1 fully saturated rings. The lowest BCUT2D eigenvalue weighted by Crippen LogP contribution is -2.49. The topological polar surface area (TPSA) is 54.8 Å². The number of rotatable bonds is 4. The van der Waals surface area contributed by atoms with Crippen LogP contribution in [0.5, 0.6) is 0 Å². The highest BCUT2D eigenvalue weighted by Gasteiger charge is 2.34. The molecular weight excluding hydrogens is 393 g/mol. The zero-order valence-electron chi connectivity index (χ0n) is 17.2. The third-order valence-electron chi connectivity index (χ3n) is 5.74. The van der Waals surface area contributed by atoms with Crippen LogP contribution in [-0.2, 0) is 4.74 Å². The van der Waals surface area contributed by atoms with Gasteiger partial charge < -0.3 is 14.2 Å². The maximum absolute atomic E-state index is 15.0. The molecule has 4 rings (SSSR count). The van der Waals surface area contributed by atoms with E-state index in [1.807, 2.05) is 16.4 Å². The first-order chi connectivity index (χ1) is 13.8. The van der Waals surface area contributed by atoms with Gasteiger partial charge in [0.1, 0.15) is 11.4 Å². The van der Waals surface area contributed by atoms with Crippen molar-refractivity contribution >= 4 is 34.3 Å². The first-order valence-corrected chi connectivity index (χ1v) is 11.0. The number of hydrogen-bond acceptors (Lipinski definition) is 6. The van der Waals surface area contributed by atoms with Gasteiger partial charge in [-0.3, -0.25) is 9.69 Å². The first kappa shape index (κ1) is 20.2. The summed E-state index contributed by atoms with van der Waals surface area (Å²) in [6, 6.07) is 3.52. The molecule has 1 aromatic heterocycles. The summed E-state index contributed by atoms with van der Waals surface area (Å²) in [5.74, 6) is -1.07. The van der Waals surface area contributed by atoms with E-state index in [-0.39, 0.29) is 22.9 Å². The van der Waals surface area contributed by atoms with Crippen molar-refractivity contribution in [3.05, 3.63) is 33.7 Å². The number of halogens is 1. The van der Waals surface area contributed by atoms with Crippen molar-refractivity contribution in [2.24, 2.45) is 0 Å². The molecule has 156 valence electrons. The molecular formula is C21H26FN3O3S. The Morgan fingerprint density at radius 3 is 2.55 bits per heavy atom. The average molecular weight is 420 g/mol. The molecule has 0 amide bonds. The fourth-order valence-electron chi connectivity index (χ4n) is 4.14. The third kappa shape index (κ3) is 3.32. The van der Waals surface area contributed by atoms with E-state index in [1.165, 1.54) is 17.8 Å². The van der Waals surface area contributed by atoms with Crippen LogP contribution >= 0.6 is 11.8 Å². The molecule has 1 unspecified atom stereocenters. The predicted molar refractivity (Wildman–Crippen MR) is 114 cm³/mol. The van der Waals surface area contributed by atoms with Crippen molar-refractivity contribution in [1.82, 2.24) is 9.47 Å². The minimum atomic E-state index is -0.642. The third-order valence-corrected chi connectivity index (χ3v) is 6.92. The summed E-state index contributed by atoms with van der Waals surface area (Å²) in [5.41, 5.74) is 0.745. The molecule has 0 saturated carbocycles. The number of anilines is 1. The van der Waals surface area contributed by atoms with Gasteiger partial charge in [-0.2, -0.15) is 0 Å². The smallest absolute Gasteiger partial charge is 0.344 e. The number of fused-ring (bicyclic) bond motifs is 3. The lowest BCUT2D eigenvalue weighted by atomic mass is 10.1. The van der Waals surface area contributed by atoms with Crippen molar-refractivity contribution in [2.45, 2.75) is 44.1 Å². The van der Waals surface area contributed by atoms with Gasteiger partial charge in [-0.05, 0) is 39.8 Å². The maximum atomic E-state index is 15.0. The lowest BCUT2D eigenvalue weighted by molar-refractivity contribution is 0.0518. The highest BCUT2D eigenvalue weighted by molar-refractivity contribution is 8.00. The van der Waals surface area contributed by atoms with Crippen molar-refractivity contribution in [1.29, 1.82) is 0 Å². The van der Waals surface area contributed by atoms with Crippen molar-refractivity contribution in [3.8, 4) is 0 Å². The standard InChI is InChI=1S/C21H26FN3O3S/c1-5-28-21(27)18-19(26)14-10-15(22)17(11-16(14)25-13(4)29-20(18)25)24-8-6-23(7-9-24)12(2)3/h10-13H,5-9H2,1-4H3. The van der Waals surface area contributed by atoms with Crippen LogP contribution in [0.1, 0.15) is 43.4 Å². The Kier molecular flexibility index (Phi) is 5.33. The Hall–Kier alpha value is -2.06. The van der Waals surface area contributed by atoms with Crippen LogP contribution in [-0.4, -0.2) is 54.3 Å². The molecule has 29 heavy (non-hydrogen) atoms. The van der Waals surface area contributed by atoms with E-state index < -0.39 is 17.2 Å². The van der Waals surface area contributed by atoms with Gasteiger partial charge in [-0.1, -0.05) is 11.8 Å². The summed E-state index contributed by atoms with van der Waals surface area (Å²) in [6.45, 7) is 11.4. The SMILES string of the molecule is CCOC(=O)c1c2n(c3cc(N4CCN(C(C)C)CC4)c(F)cc3c1=O)C(C)S2. The summed E-state index contributed by atoms with van der Waals surface area (Å²) < 4.78 is 22.1. The van der Waals surface area contributed by atoms with Crippen LogP contribution in [0.25, 0.3) is 10.9 Å². The molecule has 8 heteroatoms. The number of carbonyl (C=O) groups excluding carboxylic acids is 1. The van der Waals surface area contributed by atoms with E-state index in [9.17, 15) is 9.59 Å². The molecule has 0 aliphatic carbocycles. The Morgan fingerprint density at radius 1 is 1.28 bits per heavy atom. The van der Waals surface area contributed by atoms with Crippen LogP contribution in [0, 0.1) is 5.82 Å². The number of esters is 1. The van der Waals surface area contributed by atoms with Crippen molar-refractivity contribution in [3.63, 3.8) is 0 Å². The number of pyridine rings is 1. The van der Waals surface area contributed by atoms with E-state index >= 15 is 4.39 Å². The lowest BCUT2D eigenvalue weighted by Gasteiger charge is -2.38. The van der Waals surface area contributed by atoms with Crippen LogP contribution in [0.2, 0.25) is 0 Å². The van der Waals surface area contributed by atoms with Gasteiger partial charge in [-0.15, -0.1) is 0 Å². The number of aromatic nitrogens is 1. The summed E-state index contributed by atoms with van der Waals surface area (Å²) in [5, 5.41) is 0.902. The molecule has 1 saturated heterocycles. The van der Waals surface area contributed by atoms with Gasteiger partial charge in [0.05, 0.1) is 28.2 Å². The average Bonchev–Trinajstić information content (AvgIpc) is 2.68. The Balaban J connectivity index is 1.80. The molecule has 0 bridgehead atoms. The quantitative estimate of drug-likeness (QED) is 0.708. The first-order valence-electron chi connectivity index (χ1n) is 10.1. The van der Waals surface area contributed by atoms with Crippen LogP contribution in [0.3, 0.4) is 0 Å². The number of ether oxygens (including phenoxy) is 1. The number of piperazine rings is 1. The van der Waals surface area contributed by atoms with Crippen LogP contribution in [0.15, 0.2) is 22.0 Å². The molecule has 3 heterocycles. The second-order valence-electron chi connectivity index (χ2n) is 7.75. The van der Waals surface area contributed by atoms with Gasteiger partial charge in [0.15, 0.2) is 0 Å². The Labute approximate surface area is 173 Å². The van der Waals surface area contributed by atoms with E-state index in [0.29, 0.717) is 22.3 Å². The molecule has 1 atom stereocenters. The monoisotopic (exact) mass is 419 g/mol. The van der Waals surface area contributed by atoms with E-state index in [1.54, 1.807) is 13.0 Å². The minimum absolute atomic E-state index is 0.0140. The van der Waals surface area contributed by atoms with E-state index in [2.05, 4.69) is 18.7 Å². The number of benzene rings is 1. The Bertz CT molecular complexity index is 1030. The molecule has 1 aromatic carbocycles. The largest absolute Gasteiger partial charge is 0.462 e. The second-order valence-corrected chi connectivity index (χ2v) is 9.06. The number of thioether (sulfide) groups is 1. The van der Waals surface area contributed by atoms with Crippen LogP contribution in [0.4, 0.5) is 10.1 Å². The molecule has 0 radical (unpaired) electrons. The normalized spacial score (nSPS) is 19.4. The summed E-state index contributed by atoms with van der Waals surface area (Å²) >= 11 is 1.46. The highest BCUT2D eigenvalue weighted by atomic mass is 32.2. The molecule has 0 spiro atoms. The summed E-state index contributed by atoms with van der Waals surface area (Å²) in [6.07, 6.45) is 0. The number of carbonyl (C=O) groups is 1. The number of hydrogen-bond donors (Lipinski definition) is 0. The van der Waals surface area contributed by atoms with Crippen molar-refractivity contribution in [2.75, 3.05) is 37.7 Å². The Morgan fingerprint density at radius 2 is 1.97 bits per heavy atom. The molecule has 2 aliphatic heterocycles. The van der Waals surface area contributed by atoms with E-state index in [4.69, 9.17) is 4.74 Å². The highest BCUT2D eigenvalue weighted by Crippen LogP contribution is 2.46. The minimum Gasteiger partial charge on any atom is -0.462 e. The molecule has 2 aliphatic rings. The second kappa shape index (κ2) is 7.65. The van der Waals surface area contributed by atoms with E-state index in [0.717, 1.165) is 26.2 Å². The van der Waals surface area contributed by atoms with Gasteiger partial charge in [-0.25, -0.2) is 9.18 Å².